The van der Waals surface area contributed by atoms with Crippen molar-refractivity contribution in [2.24, 2.45) is 5.73 Å². The summed E-state index contributed by atoms with van der Waals surface area (Å²) in [5.41, 5.74) is 7.60. The van der Waals surface area contributed by atoms with Crippen LogP contribution in [0.1, 0.15) is 30.7 Å². The van der Waals surface area contributed by atoms with E-state index in [1.807, 2.05) is 18.2 Å². The lowest BCUT2D eigenvalue weighted by Gasteiger charge is -2.22. The average molecular weight is 312 g/mol. The summed E-state index contributed by atoms with van der Waals surface area (Å²) in [5, 5.41) is 7.83. The highest BCUT2D eigenvalue weighted by molar-refractivity contribution is 6.00. The Morgan fingerprint density at radius 3 is 2.70 bits per heavy atom. The maximum Gasteiger partial charge on any atom is 0.323 e. The van der Waals surface area contributed by atoms with E-state index in [0.717, 1.165) is 19.3 Å². The van der Waals surface area contributed by atoms with E-state index in [2.05, 4.69) is 34.7 Å². The van der Waals surface area contributed by atoms with E-state index in [9.17, 15) is 9.59 Å². The van der Waals surface area contributed by atoms with Gasteiger partial charge in [-0.15, -0.1) is 0 Å². The molecular formula is C17H20N4O2. The first kappa shape index (κ1) is 15.1. The van der Waals surface area contributed by atoms with Crippen molar-refractivity contribution in [3.63, 3.8) is 0 Å². The number of carbonyl (C=O) groups is 2. The second kappa shape index (κ2) is 6.16. The molecule has 0 saturated heterocycles. The van der Waals surface area contributed by atoms with Crippen molar-refractivity contribution in [2.45, 2.75) is 31.2 Å². The normalized spacial score (nSPS) is 24.2. The molecule has 0 aromatic heterocycles. The van der Waals surface area contributed by atoms with Gasteiger partial charge in [0.1, 0.15) is 5.70 Å². The van der Waals surface area contributed by atoms with Gasteiger partial charge in [-0.3, -0.25) is 4.79 Å². The lowest BCUT2D eigenvalue weighted by Crippen LogP contribution is -2.48. The highest BCUT2D eigenvalue weighted by Gasteiger charge is 2.30. The molecular weight excluding hydrogens is 292 g/mol. The molecule has 5 N–H and O–H groups in total. The third kappa shape index (κ3) is 3.21. The maximum absolute atomic E-state index is 12.4. The number of hydrogen-bond acceptors (Lipinski definition) is 3. The van der Waals surface area contributed by atoms with Gasteiger partial charge in [0.2, 0.25) is 0 Å². The van der Waals surface area contributed by atoms with E-state index in [1.54, 1.807) is 0 Å². The van der Waals surface area contributed by atoms with Crippen LogP contribution in [0.5, 0.6) is 0 Å². The number of urea groups is 1. The number of hydrogen-bond donors (Lipinski definition) is 4. The molecule has 1 heterocycles. The van der Waals surface area contributed by atoms with Crippen molar-refractivity contribution >= 4 is 11.9 Å². The Hall–Kier alpha value is -2.76. The molecule has 3 amide bonds. The van der Waals surface area contributed by atoms with Crippen LogP contribution >= 0.6 is 0 Å². The van der Waals surface area contributed by atoms with Crippen LogP contribution < -0.4 is 21.7 Å². The highest BCUT2D eigenvalue weighted by atomic mass is 16.2. The molecule has 6 heteroatoms. The van der Waals surface area contributed by atoms with Crippen LogP contribution in [0, 0.1) is 0 Å². The lowest BCUT2D eigenvalue weighted by atomic mass is 9.98. The number of nitrogens with one attached hydrogen (secondary N) is 3. The molecule has 2 aliphatic rings. The summed E-state index contributed by atoms with van der Waals surface area (Å²) in [5.74, 6) is 0.0858. The predicted octanol–water partition coefficient (Wildman–Crippen LogP) is 1.44. The fraction of sp³-hybridized carbons (Fsp3) is 0.294. The van der Waals surface area contributed by atoms with Gasteiger partial charge in [-0.2, -0.15) is 0 Å². The molecule has 3 rings (SSSR count). The van der Waals surface area contributed by atoms with Gasteiger partial charge in [-0.1, -0.05) is 36.9 Å². The third-order valence-electron chi connectivity index (χ3n) is 4.36. The first-order valence-electron chi connectivity index (χ1n) is 7.67. The van der Waals surface area contributed by atoms with Crippen molar-refractivity contribution in [1.29, 1.82) is 0 Å². The summed E-state index contributed by atoms with van der Waals surface area (Å²) in [7, 11) is 0. The highest BCUT2D eigenvalue weighted by Crippen LogP contribution is 2.34. The standard InChI is InChI=1S/C17H20N4O2/c1-10-14(18)15(21-17(23)19-10)16(22)20-13-8-7-12(9-13)11-5-3-2-4-6-11/h2-6,12-13H,1,7-9,18H2,(H,20,22)(H2,19,21,23)/t12-,13+/m1/s1. The molecule has 1 aliphatic carbocycles. The first-order valence-corrected chi connectivity index (χ1v) is 7.67. The Labute approximate surface area is 134 Å². The van der Waals surface area contributed by atoms with Crippen molar-refractivity contribution in [1.82, 2.24) is 16.0 Å². The molecule has 0 spiro atoms. The Kier molecular flexibility index (Phi) is 4.06. The predicted molar refractivity (Wildman–Crippen MR) is 87.0 cm³/mol. The molecule has 0 radical (unpaired) electrons. The fourth-order valence-electron chi connectivity index (χ4n) is 3.14. The van der Waals surface area contributed by atoms with Crippen LogP contribution in [0.2, 0.25) is 0 Å². The van der Waals surface area contributed by atoms with Gasteiger partial charge in [0.25, 0.3) is 5.91 Å². The molecule has 0 bridgehead atoms. The summed E-state index contributed by atoms with van der Waals surface area (Å²) in [6, 6.07) is 9.88. The number of amides is 3. The second-order valence-electron chi connectivity index (χ2n) is 5.94. The summed E-state index contributed by atoms with van der Waals surface area (Å²) < 4.78 is 0. The maximum atomic E-state index is 12.4. The van der Waals surface area contributed by atoms with Crippen LogP contribution in [0.4, 0.5) is 4.79 Å². The molecule has 1 aliphatic heterocycles. The Bertz CT molecular complexity index is 681. The SMILES string of the molecule is C=C1NC(=O)NC(C(=O)N[C@H]2CC[C@@H](c3ccccc3)C2)=C1N. The molecule has 1 saturated carbocycles. The number of carbonyl (C=O) groups excluding carboxylic acids is 2. The minimum absolute atomic E-state index is 0.0712. The summed E-state index contributed by atoms with van der Waals surface area (Å²) in [6.07, 6.45) is 2.83. The zero-order valence-electron chi connectivity index (χ0n) is 12.8. The van der Waals surface area contributed by atoms with Gasteiger partial charge in [-0.05, 0) is 30.7 Å². The van der Waals surface area contributed by atoms with Gasteiger partial charge < -0.3 is 21.7 Å². The minimum atomic E-state index is -0.497. The van der Waals surface area contributed by atoms with Crippen LogP contribution in [0.3, 0.4) is 0 Å². The summed E-state index contributed by atoms with van der Waals surface area (Å²) in [4.78, 5) is 23.8. The van der Waals surface area contributed by atoms with E-state index in [4.69, 9.17) is 5.73 Å². The van der Waals surface area contributed by atoms with Crippen molar-refractivity contribution in [3.8, 4) is 0 Å². The largest absolute Gasteiger partial charge is 0.395 e. The Balaban J connectivity index is 1.64. The van der Waals surface area contributed by atoms with Gasteiger partial charge in [0, 0.05) is 6.04 Å². The van der Waals surface area contributed by atoms with E-state index < -0.39 is 6.03 Å². The molecule has 0 unspecified atom stereocenters. The average Bonchev–Trinajstić information content (AvgIpc) is 3.00. The van der Waals surface area contributed by atoms with Crippen LogP contribution in [-0.4, -0.2) is 18.0 Å². The molecule has 1 fully saturated rings. The fourth-order valence-corrected chi connectivity index (χ4v) is 3.14. The van der Waals surface area contributed by atoms with Crippen molar-refractivity contribution in [3.05, 3.63) is 59.6 Å². The monoisotopic (exact) mass is 312 g/mol. The number of rotatable bonds is 3. The van der Waals surface area contributed by atoms with E-state index in [0.29, 0.717) is 5.92 Å². The zero-order chi connectivity index (χ0) is 16.4. The third-order valence-corrected chi connectivity index (χ3v) is 4.36. The van der Waals surface area contributed by atoms with Crippen molar-refractivity contribution < 1.29 is 9.59 Å². The lowest BCUT2D eigenvalue weighted by molar-refractivity contribution is -0.118. The van der Waals surface area contributed by atoms with Crippen LogP contribution in [0.15, 0.2) is 54.0 Å². The quantitative estimate of drug-likeness (QED) is 0.680. The molecule has 23 heavy (non-hydrogen) atoms. The van der Waals surface area contributed by atoms with Gasteiger partial charge >= 0.3 is 6.03 Å². The molecule has 120 valence electrons. The van der Waals surface area contributed by atoms with E-state index >= 15 is 0 Å². The molecule has 2 atom stereocenters. The van der Waals surface area contributed by atoms with E-state index in [1.165, 1.54) is 5.56 Å². The summed E-state index contributed by atoms with van der Waals surface area (Å²) >= 11 is 0. The number of benzene rings is 1. The molecule has 1 aromatic rings. The topological polar surface area (TPSA) is 96.2 Å². The Morgan fingerprint density at radius 2 is 1.96 bits per heavy atom. The second-order valence-corrected chi connectivity index (χ2v) is 5.94. The Morgan fingerprint density at radius 1 is 1.22 bits per heavy atom. The van der Waals surface area contributed by atoms with Gasteiger partial charge in [0.05, 0.1) is 11.4 Å². The van der Waals surface area contributed by atoms with Gasteiger partial charge in [-0.25, -0.2) is 4.79 Å². The first-order chi connectivity index (χ1) is 11.0. The number of nitrogens with two attached hydrogens (primary N) is 1. The van der Waals surface area contributed by atoms with E-state index in [-0.39, 0.29) is 29.0 Å². The smallest absolute Gasteiger partial charge is 0.323 e. The van der Waals surface area contributed by atoms with Crippen LogP contribution in [0.25, 0.3) is 0 Å². The van der Waals surface area contributed by atoms with Gasteiger partial charge in [0.15, 0.2) is 0 Å². The van der Waals surface area contributed by atoms with Crippen LogP contribution in [-0.2, 0) is 4.79 Å². The summed E-state index contributed by atoms with van der Waals surface area (Å²) in [6.45, 7) is 3.63. The van der Waals surface area contributed by atoms with Crippen molar-refractivity contribution in [2.75, 3.05) is 0 Å². The molecule has 6 nitrogen and oxygen atoms in total. The minimum Gasteiger partial charge on any atom is -0.395 e. The molecule has 1 aromatic carbocycles. The zero-order valence-corrected chi connectivity index (χ0v) is 12.8.